The predicted octanol–water partition coefficient (Wildman–Crippen LogP) is 6.11. The first-order valence-electron chi connectivity index (χ1n) is 10.2. The lowest BCUT2D eigenvalue weighted by Gasteiger charge is -2.31. The van der Waals surface area contributed by atoms with E-state index in [0.717, 1.165) is 30.1 Å². The topological polar surface area (TPSA) is 37.2 Å². The van der Waals surface area contributed by atoms with Gasteiger partial charge >= 0.3 is 0 Å². The van der Waals surface area contributed by atoms with E-state index in [-0.39, 0.29) is 12.1 Å². The van der Waals surface area contributed by atoms with Crippen molar-refractivity contribution in [1.82, 2.24) is 5.01 Å². The number of amidine groups is 1. The molecule has 3 heterocycles. The fourth-order valence-electron chi connectivity index (χ4n) is 4.46. The minimum atomic E-state index is 0.159. The molecule has 0 radical (unpaired) electrons. The van der Waals surface area contributed by atoms with Gasteiger partial charge < -0.3 is 4.74 Å². The summed E-state index contributed by atoms with van der Waals surface area (Å²) in [7, 11) is 1.72. The maximum Gasteiger partial charge on any atom is 0.148 e. The van der Waals surface area contributed by atoms with E-state index < -0.39 is 0 Å². The summed E-state index contributed by atoms with van der Waals surface area (Å²) in [4.78, 5) is 6.45. The number of aryl methyl sites for hydroxylation is 1. The van der Waals surface area contributed by atoms with Gasteiger partial charge in [-0.2, -0.15) is 5.10 Å². The summed E-state index contributed by atoms with van der Waals surface area (Å²) in [6.45, 7) is 11.1. The highest BCUT2D eigenvalue weighted by molar-refractivity contribution is 7.19. The maximum atomic E-state index is 5.43. The van der Waals surface area contributed by atoms with Gasteiger partial charge in [0.2, 0.25) is 0 Å². The van der Waals surface area contributed by atoms with Crippen molar-refractivity contribution in [3.8, 4) is 5.75 Å². The van der Waals surface area contributed by atoms with Crippen LogP contribution < -0.4 is 4.74 Å². The number of hydrazone groups is 1. The zero-order chi connectivity index (χ0) is 20.0. The third kappa shape index (κ3) is 2.96. The van der Waals surface area contributed by atoms with Crippen LogP contribution in [0.1, 0.15) is 57.0 Å². The molecule has 2 aliphatic rings. The van der Waals surface area contributed by atoms with Crippen LogP contribution >= 0.6 is 11.3 Å². The van der Waals surface area contributed by atoms with Gasteiger partial charge in [-0.1, -0.05) is 13.8 Å². The molecule has 0 fully saturated rings. The number of ether oxygens (including phenoxy) is 1. The minimum absolute atomic E-state index is 0.159. The second-order valence-electron chi connectivity index (χ2n) is 7.79. The monoisotopic (exact) mass is 395 g/mol. The number of nitrogens with zero attached hydrogens (tertiary/aromatic N) is 3. The van der Waals surface area contributed by atoms with E-state index in [1.165, 1.54) is 26.1 Å². The second kappa shape index (κ2) is 7.36. The summed E-state index contributed by atoms with van der Waals surface area (Å²) in [6.07, 6.45) is 4.50. The molecule has 0 amide bonds. The third-order valence-electron chi connectivity index (χ3n) is 6.03. The first kappa shape index (κ1) is 19.2. The number of methoxy groups -OCH3 is 1. The molecule has 0 N–H and O–H groups in total. The zero-order valence-electron chi connectivity index (χ0n) is 17.6. The Bertz CT molecular complexity index is 997. The van der Waals surface area contributed by atoms with E-state index in [4.69, 9.17) is 14.8 Å². The number of hydrogen-bond acceptors (Lipinski definition) is 5. The third-order valence-corrected chi connectivity index (χ3v) is 7.35. The molecule has 2 aromatic rings. The predicted molar refractivity (Wildman–Crippen MR) is 120 cm³/mol. The van der Waals surface area contributed by atoms with Crippen molar-refractivity contribution in [1.29, 1.82) is 0 Å². The summed E-state index contributed by atoms with van der Waals surface area (Å²) >= 11 is 1.85. The summed E-state index contributed by atoms with van der Waals surface area (Å²) in [5, 5.41) is 8.42. The average Bonchev–Trinajstić information content (AvgIpc) is 3.18. The molecule has 0 spiro atoms. The van der Waals surface area contributed by atoms with Gasteiger partial charge in [0, 0.05) is 15.2 Å². The molecule has 0 saturated carbocycles. The molecular weight excluding hydrogens is 366 g/mol. The molecule has 4 rings (SSSR count). The molecule has 2 atom stereocenters. The van der Waals surface area contributed by atoms with Crippen LogP contribution in [0, 0.1) is 12.8 Å². The van der Waals surface area contributed by atoms with E-state index in [1.54, 1.807) is 7.11 Å². The first-order chi connectivity index (χ1) is 13.5. The van der Waals surface area contributed by atoms with E-state index in [1.807, 2.05) is 17.4 Å². The molecule has 0 aliphatic carbocycles. The standard InChI is InChI=1S/C23H29N3OS/c1-7-16(8-2)19-11-13(3)25-26-21(15(5)24-23(19)26)22-14(4)18-10-9-17(27-6)12-20(18)28-22/h9-12,15-16,21H,7-8H2,1-6H3. The summed E-state index contributed by atoms with van der Waals surface area (Å²) in [6, 6.07) is 6.69. The van der Waals surface area contributed by atoms with Crippen molar-refractivity contribution in [3.05, 3.63) is 40.3 Å². The highest BCUT2D eigenvalue weighted by Gasteiger charge is 2.41. The largest absolute Gasteiger partial charge is 0.497 e. The van der Waals surface area contributed by atoms with Crippen molar-refractivity contribution in [3.63, 3.8) is 0 Å². The van der Waals surface area contributed by atoms with Crippen LogP contribution in [0.15, 0.2) is 39.9 Å². The van der Waals surface area contributed by atoms with Gasteiger partial charge in [0.05, 0.1) is 18.9 Å². The number of benzene rings is 1. The number of fused-ring (bicyclic) bond motifs is 2. The van der Waals surface area contributed by atoms with Crippen LogP contribution in [0.25, 0.3) is 10.1 Å². The van der Waals surface area contributed by atoms with E-state index in [0.29, 0.717) is 5.92 Å². The number of thiophene rings is 1. The molecule has 4 nitrogen and oxygen atoms in total. The molecule has 2 aliphatic heterocycles. The smallest absolute Gasteiger partial charge is 0.148 e. The Morgan fingerprint density at radius 1 is 1.21 bits per heavy atom. The number of rotatable bonds is 5. The minimum Gasteiger partial charge on any atom is -0.497 e. The van der Waals surface area contributed by atoms with Crippen LogP contribution in [0.3, 0.4) is 0 Å². The summed E-state index contributed by atoms with van der Waals surface area (Å²) < 4.78 is 6.69. The van der Waals surface area contributed by atoms with Crippen LogP contribution in [0.4, 0.5) is 0 Å². The molecule has 2 unspecified atom stereocenters. The molecule has 28 heavy (non-hydrogen) atoms. The maximum absolute atomic E-state index is 5.43. The highest BCUT2D eigenvalue weighted by atomic mass is 32.1. The molecule has 1 aromatic carbocycles. The Morgan fingerprint density at radius 3 is 2.64 bits per heavy atom. The van der Waals surface area contributed by atoms with Gasteiger partial charge in [0.1, 0.15) is 17.6 Å². The number of hydrogen-bond donors (Lipinski definition) is 0. The quantitative estimate of drug-likeness (QED) is 0.612. The van der Waals surface area contributed by atoms with Crippen molar-refractivity contribution >= 4 is 33.0 Å². The van der Waals surface area contributed by atoms with Crippen LogP contribution in [-0.4, -0.2) is 29.7 Å². The Kier molecular flexibility index (Phi) is 5.04. The Hall–Kier alpha value is -2.14. The molecular formula is C23H29N3OS. The van der Waals surface area contributed by atoms with Crippen molar-refractivity contribution in [2.75, 3.05) is 7.11 Å². The average molecular weight is 396 g/mol. The van der Waals surface area contributed by atoms with Gasteiger partial charge in [0.15, 0.2) is 0 Å². The van der Waals surface area contributed by atoms with Crippen LogP contribution in [0.2, 0.25) is 0 Å². The lowest BCUT2D eigenvalue weighted by molar-refractivity contribution is 0.331. The fraction of sp³-hybridized carbons (Fsp3) is 0.478. The van der Waals surface area contributed by atoms with Crippen LogP contribution in [0.5, 0.6) is 5.75 Å². The van der Waals surface area contributed by atoms with Crippen molar-refractivity contribution in [2.45, 2.75) is 59.5 Å². The zero-order valence-corrected chi connectivity index (χ0v) is 18.4. The van der Waals surface area contributed by atoms with Crippen molar-refractivity contribution < 1.29 is 4.74 Å². The van der Waals surface area contributed by atoms with E-state index >= 15 is 0 Å². The first-order valence-corrected chi connectivity index (χ1v) is 11.0. The highest BCUT2D eigenvalue weighted by Crippen LogP contribution is 2.45. The Morgan fingerprint density at radius 2 is 1.96 bits per heavy atom. The van der Waals surface area contributed by atoms with Gasteiger partial charge in [0.25, 0.3) is 0 Å². The second-order valence-corrected chi connectivity index (χ2v) is 8.87. The Labute approximate surface area is 171 Å². The molecule has 0 bridgehead atoms. The SMILES string of the molecule is CCC(CC)C1=CC(C)=NN2C1=NC(C)C2c1sc2cc(OC)ccc2c1C. The van der Waals surface area contributed by atoms with E-state index in [9.17, 15) is 0 Å². The number of aliphatic imine (C=N–C) groups is 1. The fourth-order valence-corrected chi connectivity index (χ4v) is 5.88. The van der Waals surface area contributed by atoms with Gasteiger partial charge in [-0.3, -0.25) is 4.99 Å². The normalized spacial score (nSPS) is 21.7. The molecule has 1 aromatic heterocycles. The van der Waals surface area contributed by atoms with Crippen LogP contribution in [-0.2, 0) is 0 Å². The van der Waals surface area contributed by atoms with Gasteiger partial charge in [-0.25, -0.2) is 5.01 Å². The lowest BCUT2D eigenvalue weighted by atomic mass is 9.91. The van der Waals surface area contributed by atoms with Gasteiger partial charge in [-0.15, -0.1) is 11.3 Å². The van der Waals surface area contributed by atoms with Gasteiger partial charge in [-0.05, 0) is 74.8 Å². The lowest BCUT2D eigenvalue weighted by Crippen LogP contribution is -2.34. The molecule has 0 saturated heterocycles. The van der Waals surface area contributed by atoms with E-state index in [2.05, 4.69) is 57.8 Å². The molecule has 148 valence electrons. The van der Waals surface area contributed by atoms with Crippen molar-refractivity contribution in [2.24, 2.45) is 16.0 Å². The summed E-state index contributed by atoms with van der Waals surface area (Å²) in [5.74, 6) is 2.51. The summed E-state index contributed by atoms with van der Waals surface area (Å²) in [5.41, 5.74) is 3.76. The number of allylic oxidation sites excluding steroid dienone is 1. The Balaban J connectivity index is 1.78. The molecule has 5 heteroatoms.